The Labute approximate surface area is 144 Å². The number of carbonyl (C=O) groups excluding carboxylic acids is 1. The first-order valence-electron chi connectivity index (χ1n) is 6.41. The van der Waals surface area contributed by atoms with E-state index in [1.807, 2.05) is 0 Å². The molecule has 0 amide bonds. The highest BCUT2D eigenvalue weighted by atomic mass is 35.5. The van der Waals surface area contributed by atoms with E-state index in [4.69, 9.17) is 23.2 Å². The summed E-state index contributed by atoms with van der Waals surface area (Å²) in [7, 11) is -2.72. The van der Waals surface area contributed by atoms with Crippen LogP contribution in [0.2, 0.25) is 10.0 Å². The lowest BCUT2D eigenvalue weighted by Crippen LogP contribution is -2.15. The van der Waals surface area contributed by atoms with Gasteiger partial charge in [-0.15, -0.1) is 0 Å². The molecule has 0 aromatic heterocycles. The van der Waals surface area contributed by atoms with Gasteiger partial charge >= 0.3 is 5.97 Å². The lowest BCUT2D eigenvalue weighted by atomic mass is 10.2. The van der Waals surface area contributed by atoms with E-state index in [1.165, 1.54) is 25.3 Å². The molecule has 2 aromatic rings. The molecule has 5 nitrogen and oxygen atoms in total. The molecular weight excluding hydrogens is 361 g/mol. The van der Waals surface area contributed by atoms with Gasteiger partial charge in [-0.3, -0.25) is 4.72 Å². The van der Waals surface area contributed by atoms with Crippen LogP contribution in [0.4, 0.5) is 5.69 Å². The predicted octanol–water partition coefficient (Wildman–Crippen LogP) is 3.89. The van der Waals surface area contributed by atoms with Gasteiger partial charge in [-0.1, -0.05) is 29.3 Å². The summed E-state index contributed by atoms with van der Waals surface area (Å²) in [6.07, 6.45) is 0. The van der Waals surface area contributed by atoms with Crippen molar-refractivity contribution in [3.8, 4) is 0 Å². The van der Waals surface area contributed by atoms with Gasteiger partial charge in [0.05, 0.1) is 28.3 Å². The maximum Gasteiger partial charge on any atom is 0.339 e. The number of nitrogens with one attached hydrogen (secondary N) is 1. The van der Waals surface area contributed by atoms with Crippen LogP contribution in [0.25, 0.3) is 0 Å². The van der Waals surface area contributed by atoms with Gasteiger partial charge in [0.2, 0.25) is 0 Å². The number of benzene rings is 2. The van der Waals surface area contributed by atoms with E-state index < -0.39 is 16.0 Å². The fourth-order valence-electron chi connectivity index (χ4n) is 1.85. The number of aryl methyl sites for hydroxylation is 1. The van der Waals surface area contributed by atoms with Crippen LogP contribution in [0.1, 0.15) is 15.9 Å². The highest BCUT2D eigenvalue weighted by Gasteiger charge is 2.20. The minimum atomic E-state index is -3.91. The van der Waals surface area contributed by atoms with Crippen LogP contribution in [0.15, 0.2) is 41.3 Å². The van der Waals surface area contributed by atoms with Crippen molar-refractivity contribution in [3.05, 3.63) is 57.6 Å². The lowest BCUT2D eigenvalue weighted by Gasteiger charge is -2.12. The van der Waals surface area contributed by atoms with Gasteiger partial charge in [0.15, 0.2) is 0 Å². The standard InChI is InChI=1S/C15H13Cl2NO4S/c1-9-3-4-10(16)7-14(9)18-23(20,21)11-5-6-13(17)12(8-11)15(19)22-2/h3-8,18H,1-2H3. The zero-order valence-corrected chi connectivity index (χ0v) is 14.6. The number of rotatable bonds is 4. The van der Waals surface area contributed by atoms with E-state index in [1.54, 1.807) is 19.1 Å². The van der Waals surface area contributed by atoms with Gasteiger partial charge in [-0.25, -0.2) is 13.2 Å². The first kappa shape index (κ1) is 17.6. The first-order valence-corrected chi connectivity index (χ1v) is 8.65. The second kappa shape index (κ2) is 6.78. The fraction of sp³-hybridized carbons (Fsp3) is 0.133. The molecule has 0 saturated carbocycles. The van der Waals surface area contributed by atoms with Crippen LogP contribution in [0.3, 0.4) is 0 Å². The van der Waals surface area contributed by atoms with E-state index >= 15 is 0 Å². The smallest absolute Gasteiger partial charge is 0.339 e. The number of hydrogen-bond donors (Lipinski definition) is 1. The van der Waals surface area contributed by atoms with Gasteiger partial charge in [-0.2, -0.15) is 0 Å². The van der Waals surface area contributed by atoms with E-state index in [-0.39, 0.29) is 15.5 Å². The largest absolute Gasteiger partial charge is 0.465 e. The summed E-state index contributed by atoms with van der Waals surface area (Å²) in [4.78, 5) is 11.5. The second-order valence-electron chi connectivity index (χ2n) is 4.70. The molecule has 0 aliphatic heterocycles. The zero-order chi connectivity index (χ0) is 17.2. The van der Waals surface area contributed by atoms with Crippen molar-refractivity contribution in [1.82, 2.24) is 0 Å². The van der Waals surface area contributed by atoms with Crippen LogP contribution >= 0.6 is 23.2 Å². The van der Waals surface area contributed by atoms with Gasteiger partial charge in [0.1, 0.15) is 0 Å². The molecule has 8 heteroatoms. The molecule has 2 aromatic carbocycles. The summed E-state index contributed by atoms with van der Waals surface area (Å²) in [5, 5.41) is 0.509. The molecule has 0 fully saturated rings. The number of carbonyl (C=O) groups is 1. The zero-order valence-electron chi connectivity index (χ0n) is 12.3. The van der Waals surface area contributed by atoms with E-state index in [2.05, 4.69) is 9.46 Å². The molecule has 122 valence electrons. The molecule has 0 heterocycles. The van der Waals surface area contributed by atoms with Crippen LogP contribution in [-0.2, 0) is 14.8 Å². The SMILES string of the molecule is COC(=O)c1cc(S(=O)(=O)Nc2cc(Cl)ccc2C)ccc1Cl. The normalized spacial score (nSPS) is 11.1. The summed E-state index contributed by atoms with van der Waals surface area (Å²) < 4.78 is 32.0. The minimum absolute atomic E-state index is 0.0279. The molecule has 0 radical (unpaired) electrons. The predicted molar refractivity (Wildman–Crippen MR) is 89.8 cm³/mol. The lowest BCUT2D eigenvalue weighted by molar-refractivity contribution is 0.0600. The number of halogens is 2. The summed E-state index contributed by atoms with van der Waals surface area (Å²) in [5.41, 5.74) is 1.03. The van der Waals surface area contributed by atoms with E-state index in [0.717, 1.165) is 6.07 Å². The monoisotopic (exact) mass is 373 g/mol. The summed E-state index contributed by atoms with van der Waals surface area (Å²) >= 11 is 11.8. The van der Waals surface area contributed by atoms with Crippen molar-refractivity contribution in [1.29, 1.82) is 0 Å². The Kier molecular flexibility index (Phi) is 5.19. The van der Waals surface area contributed by atoms with E-state index in [0.29, 0.717) is 16.3 Å². The number of ether oxygens (including phenoxy) is 1. The Morgan fingerprint density at radius 1 is 1.13 bits per heavy atom. The number of hydrogen-bond acceptors (Lipinski definition) is 4. The molecule has 0 atom stereocenters. The highest BCUT2D eigenvalue weighted by molar-refractivity contribution is 7.92. The Balaban J connectivity index is 2.44. The van der Waals surface area contributed by atoms with Crippen LogP contribution in [-0.4, -0.2) is 21.5 Å². The average molecular weight is 374 g/mol. The highest BCUT2D eigenvalue weighted by Crippen LogP contribution is 2.26. The van der Waals surface area contributed by atoms with Crippen molar-refractivity contribution < 1.29 is 17.9 Å². The number of methoxy groups -OCH3 is 1. The number of sulfonamides is 1. The molecule has 23 heavy (non-hydrogen) atoms. The molecule has 2 rings (SSSR count). The third-order valence-electron chi connectivity index (χ3n) is 3.10. The van der Waals surface area contributed by atoms with Gasteiger partial charge in [0, 0.05) is 5.02 Å². The molecule has 0 aliphatic carbocycles. The quantitative estimate of drug-likeness (QED) is 0.825. The average Bonchev–Trinajstić information content (AvgIpc) is 2.50. The number of anilines is 1. The Morgan fingerprint density at radius 2 is 1.83 bits per heavy atom. The molecule has 0 unspecified atom stereocenters. The Hall–Kier alpha value is -1.76. The van der Waals surface area contributed by atoms with Crippen LogP contribution in [0.5, 0.6) is 0 Å². The maximum absolute atomic E-state index is 12.5. The van der Waals surface area contributed by atoms with E-state index in [9.17, 15) is 13.2 Å². The molecule has 0 bridgehead atoms. The first-order chi connectivity index (χ1) is 10.7. The fourth-order valence-corrected chi connectivity index (χ4v) is 3.36. The molecular formula is C15H13Cl2NO4S. The minimum Gasteiger partial charge on any atom is -0.465 e. The van der Waals surface area contributed by atoms with Crippen molar-refractivity contribution >= 4 is 44.9 Å². The van der Waals surface area contributed by atoms with Crippen molar-refractivity contribution in [3.63, 3.8) is 0 Å². The third kappa shape index (κ3) is 3.96. The van der Waals surface area contributed by atoms with Gasteiger partial charge in [-0.05, 0) is 42.8 Å². The van der Waals surface area contributed by atoms with Gasteiger partial charge in [0.25, 0.3) is 10.0 Å². The summed E-state index contributed by atoms with van der Waals surface area (Å²) in [5.74, 6) is -0.717. The van der Waals surface area contributed by atoms with Crippen LogP contribution < -0.4 is 4.72 Å². The Morgan fingerprint density at radius 3 is 2.48 bits per heavy atom. The van der Waals surface area contributed by atoms with Crippen molar-refractivity contribution in [2.45, 2.75) is 11.8 Å². The third-order valence-corrected chi connectivity index (χ3v) is 5.03. The summed E-state index contributed by atoms with van der Waals surface area (Å²) in [6.45, 7) is 1.75. The molecule has 0 saturated heterocycles. The summed E-state index contributed by atoms with van der Waals surface area (Å²) in [6, 6.07) is 8.65. The topological polar surface area (TPSA) is 72.5 Å². The van der Waals surface area contributed by atoms with Gasteiger partial charge < -0.3 is 4.74 Å². The maximum atomic E-state index is 12.5. The second-order valence-corrected chi connectivity index (χ2v) is 7.22. The van der Waals surface area contributed by atoms with Crippen molar-refractivity contribution in [2.24, 2.45) is 0 Å². The number of esters is 1. The van der Waals surface area contributed by atoms with Crippen molar-refractivity contribution in [2.75, 3.05) is 11.8 Å². The van der Waals surface area contributed by atoms with Crippen LogP contribution in [0, 0.1) is 6.92 Å². The molecule has 1 N–H and O–H groups in total. The Bertz CT molecular complexity index is 866. The molecule has 0 aliphatic rings. The molecule has 0 spiro atoms.